The Bertz CT molecular complexity index is 390. The lowest BCUT2D eigenvalue weighted by atomic mass is 10.1. The molecule has 0 radical (unpaired) electrons. The highest BCUT2D eigenvalue weighted by molar-refractivity contribution is 6.01. The summed E-state index contributed by atoms with van der Waals surface area (Å²) in [6.45, 7) is 2.10. The fourth-order valence-electron chi connectivity index (χ4n) is 1.16. The van der Waals surface area contributed by atoms with Gasteiger partial charge in [-0.15, -0.1) is 0 Å². The van der Waals surface area contributed by atoms with Crippen molar-refractivity contribution in [3.05, 3.63) is 29.3 Å². The number of hydrogen-bond donors (Lipinski definition) is 1. The van der Waals surface area contributed by atoms with Gasteiger partial charge < -0.3 is 4.74 Å². The van der Waals surface area contributed by atoms with Crippen LogP contribution in [0.1, 0.15) is 27.6 Å². The largest absolute Gasteiger partial charge is 0.497 e. The molecule has 1 N–H and O–H groups in total. The van der Waals surface area contributed by atoms with E-state index in [0.29, 0.717) is 18.6 Å². The van der Waals surface area contributed by atoms with Gasteiger partial charge in [0.1, 0.15) is 5.75 Å². The number of methoxy groups -OCH3 is 1. The average molecular weight is 223 g/mol. The minimum Gasteiger partial charge on any atom is -0.497 e. The molecule has 0 unspecified atom stereocenters. The first-order valence-corrected chi connectivity index (χ1v) is 4.78. The number of hydroxylamine groups is 1. The highest BCUT2D eigenvalue weighted by Gasteiger charge is 2.11. The molecule has 0 atom stereocenters. The molecular formula is C11H13NO4. The van der Waals surface area contributed by atoms with E-state index in [0.717, 1.165) is 0 Å². The Morgan fingerprint density at radius 1 is 1.50 bits per heavy atom. The molecule has 0 aliphatic heterocycles. The first-order chi connectivity index (χ1) is 7.72. The summed E-state index contributed by atoms with van der Waals surface area (Å²) in [5, 5.41) is 0. The SMILES string of the molecule is CCONC(=O)c1ccc(OC)cc1C=O. The molecule has 0 bridgehead atoms. The van der Waals surface area contributed by atoms with Gasteiger partial charge in [-0.25, -0.2) is 5.48 Å². The summed E-state index contributed by atoms with van der Waals surface area (Å²) in [6, 6.07) is 4.61. The Labute approximate surface area is 93.3 Å². The zero-order valence-electron chi connectivity index (χ0n) is 9.15. The van der Waals surface area contributed by atoms with Crippen molar-refractivity contribution in [2.24, 2.45) is 0 Å². The van der Waals surface area contributed by atoms with Crippen molar-refractivity contribution in [2.45, 2.75) is 6.92 Å². The van der Waals surface area contributed by atoms with Crippen LogP contribution in [-0.2, 0) is 4.84 Å². The molecule has 86 valence electrons. The minimum atomic E-state index is -0.452. The third kappa shape index (κ3) is 2.80. The van der Waals surface area contributed by atoms with E-state index >= 15 is 0 Å². The van der Waals surface area contributed by atoms with Gasteiger partial charge in [0.25, 0.3) is 5.91 Å². The maximum absolute atomic E-state index is 11.5. The number of hydrogen-bond acceptors (Lipinski definition) is 4. The Hall–Kier alpha value is -1.88. The summed E-state index contributed by atoms with van der Waals surface area (Å²) in [7, 11) is 1.49. The molecule has 0 saturated carbocycles. The van der Waals surface area contributed by atoms with Crippen molar-refractivity contribution < 1.29 is 19.2 Å². The van der Waals surface area contributed by atoms with Gasteiger partial charge in [-0.05, 0) is 25.1 Å². The molecule has 0 aliphatic rings. The number of aldehydes is 1. The summed E-state index contributed by atoms with van der Waals surface area (Å²) >= 11 is 0. The summed E-state index contributed by atoms with van der Waals surface area (Å²) < 4.78 is 4.95. The number of amides is 1. The summed E-state index contributed by atoms with van der Waals surface area (Å²) in [5.74, 6) is 0.0710. The van der Waals surface area contributed by atoms with Crippen molar-refractivity contribution >= 4 is 12.2 Å². The van der Waals surface area contributed by atoms with Crippen LogP contribution in [0.3, 0.4) is 0 Å². The lowest BCUT2D eigenvalue weighted by Crippen LogP contribution is -2.24. The minimum absolute atomic E-state index is 0.254. The van der Waals surface area contributed by atoms with Crippen molar-refractivity contribution in [3.63, 3.8) is 0 Å². The summed E-state index contributed by atoms with van der Waals surface area (Å²) in [5.41, 5.74) is 2.74. The number of benzene rings is 1. The predicted molar refractivity (Wildman–Crippen MR) is 57.5 cm³/mol. The van der Waals surface area contributed by atoms with E-state index in [9.17, 15) is 9.59 Å². The van der Waals surface area contributed by atoms with Gasteiger partial charge in [0.15, 0.2) is 6.29 Å². The number of nitrogens with one attached hydrogen (secondary N) is 1. The lowest BCUT2D eigenvalue weighted by molar-refractivity contribution is 0.0363. The normalized spacial score (nSPS) is 9.62. The van der Waals surface area contributed by atoms with Crippen LogP contribution in [0.15, 0.2) is 18.2 Å². The van der Waals surface area contributed by atoms with Gasteiger partial charge >= 0.3 is 0 Å². The van der Waals surface area contributed by atoms with E-state index < -0.39 is 5.91 Å². The molecule has 1 aromatic carbocycles. The Morgan fingerprint density at radius 3 is 2.81 bits per heavy atom. The maximum atomic E-state index is 11.5. The highest BCUT2D eigenvalue weighted by atomic mass is 16.6. The molecule has 5 heteroatoms. The van der Waals surface area contributed by atoms with Crippen molar-refractivity contribution in [1.82, 2.24) is 5.48 Å². The number of rotatable bonds is 5. The first kappa shape index (κ1) is 12.2. The summed E-state index contributed by atoms with van der Waals surface area (Å²) in [4.78, 5) is 27.1. The van der Waals surface area contributed by atoms with Crippen molar-refractivity contribution in [1.29, 1.82) is 0 Å². The Morgan fingerprint density at radius 2 is 2.25 bits per heavy atom. The smallest absolute Gasteiger partial charge is 0.275 e. The lowest BCUT2D eigenvalue weighted by Gasteiger charge is -2.07. The number of carbonyl (C=O) groups is 2. The van der Waals surface area contributed by atoms with E-state index in [-0.39, 0.29) is 11.1 Å². The Kier molecular flexibility index (Phi) is 4.47. The van der Waals surface area contributed by atoms with E-state index in [4.69, 9.17) is 9.57 Å². The topological polar surface area (TPSA) is 64.6 Å². The van der Waals surface area contributed by atoms with E-state index in [1.54, 1.807) is 13.0 Å². The monoisotopic (exact) mass is 223 g/mol. The fourth-order valence-corrected chi connectivity index (χ4v) is 1.16. The molecular weight excluding hydrogens is 210 g/mol. The van der Waals surface area contributed by atoms with Gasteiger partial charge in [0, 0.05) is 5.56 Å². The number of ether oxygens (including phenoxy) is 1. The molecule has 0 saturated heterocycles. The van der Waals surface area contributed by atoms with Gasteiger partial charge in [0.2, 0.25) is 0 Å². The molecule has 5 nitrogen and oxygen atoms in total. The molecule has 0 spiro atoms. The van der Waals surface area contributed by atoms with E-state index in [1.165, 1.54) is 19.2 Å². The fraction of sp³-hybridized carbons (Fsp3) is 0.273. The van der Waals surface area contributed by atoms with Gasteiger partial charge in [0.05, 0.1) is 19.3 Å². The van der Waals surface area contributed by atoms with Crippen LogP contribution in [0.25, 0.3) is 0 Å². The zero-order valence-corrected chi connectivity index (χ0v) is 9.15. The third-order valence-electron chi connectivity index (χ3n) is 1.94. The van der Waals surface area contributed by atoms with Crippen LogP contribution in [0.5, 0.6) is 5.75 Å². The molecule has 1 amide bonds. The molecule has 1 aromatic rings. The molecule has 0 aromatic heterocycles. The molecule has 0 fully saturated rings. The predicted octanol–water partition coefficient (Wildman–Crippen LogP) is 1.19. The van der Waals surface area contributed by atoms with Gasteiger partial charge in [-0.2, -0.15) is 0 Å². The van der Waals surface area contributed by atoms with Crippen LogP contribution in [-0.4, -0.2) is 25.9 Å². The van der Waals surface area contributed by atoms with Crippen LogP contribution < -0.4 is 10.2 Å². The second-order valence-corrected chi connectivity index (χ2v) is 2.94. The van der Waals surface area contributed by atoms with Crippen LogP contribution in [0.4, 0.5) is 0 Å². The van der Waals surface area contributed by atoms with Crippen molar-refractivity contribution in [3.8, 4) is 5.75 Å². The molecule has 0 aliphatic carbocycles. The van der Waals surface area contributed by atoms with E-state index in [1.807, 2.05) is 0 Å². The van der Waals surface area contributed by atoms with Crippen LogP contribution in [0, 0.1) is 0 Å². The Balaban J connectivity index is 2.94. The summed E-state index contributed by atoms with van der Waals surface area (Å²) in [6.07, 6.45) is 0.601. The van der Waals surface area contributed by atoms with Gasteiger partial charge in [-0.3, -0.25) is 14.4 Å². The average Bonchev–Trinajstić information content (AvgIpc) is 2.34. The highest BCUT2D eigenvalue weighted by Crippen LogP contribution is 2.16. The maximum Gasteiger partial charge on any atom is 0.275 e. The quantitative estimate of drug-likeness (QED) is 0.601. The second kappa shape index (κ2) is 5.87. The van der Waals surface area contributed by atoms with Gasteiger partial charge in [-0.1, -0.05) is 0 Å². The molecule has 1 rings (SSSR count). The zero-order chi connectivity index (χ0) is 12.0. The van der Waals surface area contributed by atoms with Crippen LogP contribution >= 0.6 is 0 Å². The first-order valence-electron chi connectivity index (χ1n) is 4.78. The van der Waals surface area contributed by atoms with E-state index in [2.05, 4.69) is 5.48 Å². The second-order valence-electron chi connectivity index (χ2n) is 2.94. The van der Waals surface area contributed by atoms with Crippen LogP contribution in [0.2, 0.25) is 0 Å². The standard InChI is InChI=1S/C11H13NO4/c1-3-16-12-11(14)10-5-4-9(15-2)6-8(10)7-13/h4-7H,3H2,1-2H3,(H,12,14). The molecule has 0 heterocycles. The van der Waals surface area contributed by atoms with Crippen molar-refractivity contribution in [2.75, 3.05) is 13.7 Å². The molecule has 16 heavy (non-hydrogen) atoms. The third-order valence-corrected chi connectivity index (χ3v) is 1.94. The number of carbonyl (C=O) groups excluding carboxylic acids is 2.